The molecule has 0 radical (unpaired) electrons. The van der Waals surface area contributed by atoms with Gasteiger partial charge in [-0.05, 0) is 32.9 Å². The number of ether oxygens (including phenoxy) is 2. The van der Waals surface area contributed by atoms with Crippen LogP contribution in [0, 0.1) is 0 Å². The number of anilines is 1. The first-order valence-corrected chi connectivity index (χ1v) is 9.91. The van der Waals surface area contributed by atoms with Crippen LogP contribution >= 0.6 is 0 Å². The Morgan fingerprint density at radius 2 is 2.00 bits per heavy atom. The number of carbonyl (C=O) groups excluding carboxylic acids is 1. The molecule has 0 aliphatic carbocycles. The number of likely N-dealkylation sites (tertiary alicyclic amines) is 1. The summed E-state index contributed by atoms with van der Waals surface area (Å²) in [5.74, 6) is -0.580. The van der Waals surface area contributed by atoms with Crippen LogP contribution in [0.15, 0.2) is 18.3 Å². The lowest BCUT2D eigenvalue weighted by Crippen LogP contribution is -2.43. The Labute approximate surface area is 177 Å². The largest absolute Gasteiger partial charge is 0.444 e. The summed E-state index contributed by atoms with van der Waals surface area (Å²) in [5.41, 5.74) is 4.27. The van der Waals surface area contributed by atoms with E-state index >= 15 is 0 Å². The Morgan fingerprint density at radius 3 is 2.68 bits per heavy atom. The van der Waals surface area contributed by atoms with E-state index in [0.717, 1.165) is 6.07 Å². The monoisotopic (exact) mass is 439 g/mol. The summed E-state index contributed by atoms with van der Waals surface area (Å²) in [6, 6.07) is 2.65. The number of nitrogen functional groups attached to an aromatic ring is 1. The molecule has 2 aromatic rings. The van der Waals surface area contributed by atoms with Crippen LogP contribution in [0.5, 0.6) is 0 Å². The van der Waals surface area contributed by atoms with Gasteiger partial charge in [-0.2, -0.15) is 18.3 Å². The molecule has 2 aliphatic heterocycles. The van der Waals surface area contributed by atoms with Gasteiger partial charge in [0.05, 0.1) is 36.6 Å². The number of hydrogen-bond donors (Lipinski definition) is 1. The lowest BCUT2D eigenvalue weighted by molar-refractivity contribution is -0.137. The summed E-state index contributed by atoms with van der Waals surface area (Å²) in [6.07, 6.45) is -3.24. The summed E-state index contributed by atoms with van der Waals surface area (Å²) in [6.45, 7) is 6.95. The fraction of sp³-hybridized carbons (Fsp3) is 0.550. The number of pyridine rings is 1. The molecule has 1 atom stereocenters. The smallest absolute Gasteiger partial charge is 0.419 e. The molecule has 31 heavy (non-hydrogen) atoms. The SMILES string of the molecule is CC(C)(C)OC(=O)N1CC[C@@]2(C1)OCCn1nc(-c3cnc(N)c(C(F)(F)F)c3)cc12. The number of aromatic nitrogens is 3. The fourth-order valence-electron chi connectivity index (χ4n) is 3.93. The number of amides is 1. The van der Waals surface area contributed by atoms with Crippen LogP contribution in [0.4, 0.5) is 23.8 Å². The van der Waals surface area contributed by atoms with Crippen LogP contribution in [0.3, 0.4) is 0 Å². The van der Waals surface area contributed by atoms with E-state index in [1.807, 2.05) is 0 Å². The van der Waals surface area contributed by atoms with Gasteiger partial charge in [0.15, 0.2) is 0 Å². The third-order valence-corrected chi connectivity index (χ3v) is 5.33. The third kappa shape index (κ3) is 4.06. The number of alkyl halides is 3. The number of hydrogen-bond acceptors (Lipinski definition) is 6. The van der Waals surface area contributed by atoms with Gasteiger partial charge in [0, 0.05) is 24.7 Å². The molecular formula is C20H24F3N5O3. The van der Waals surface area contributed by atoms with Crippen LogP contribution < -0.4 is 5.73 Å². The normalized spacial score (nSPS) is 21.4. The van der Waals surface area contributed by atoms with E-state index < -0.39 is 34.9 Å². The summed E-state index contributed by atoms with van der Waals surface area (Å²) >= 11 is 0. The van der Waals surface area contributed by atoms with Crippen molar-refractivity contribution < 1.29 is 27.4 Å². The van der Waals surface area contributed by atoms with Crippen LogP contribution in [0.25, 0.3) is 11.3 Å². The van der Waals surface area contributed by atoms with Crippen molar-refractivity contribution in [3.8, 4) is 11.3 Å². The van der Waals surface area contributed by atoms with Crippen molar-refractivity contribution in [2.75, 3.05) is 25.4 Å². The minimum Gasteiger partial charge on any atom is -0.444 e. The molecule has 0 aromatic carbocycles. The summed E-state index contributed by atoms with van der Waals surface area (Å²) in [7, 11) is 0. The van der Waals surface area contributed by atoms with Gasteiger partial charge in [0.2, 0.25) is 0 Å². The van der Waals surface area contributed by atoms with Gasteiger partial charge in [-0.15, -0.1) is 0 Å². The van der Waals surface area contributed by atoms with Crippen LogP contribution in [0.2, 0.25) is 0 Å². The quantitative estimate of drug-likeness (QED) is 0.732. The van der Waals surface area contributed by atoms with E-state index in [2.05, 4.69) is 10.1 Å². The average Bonchev–Trinajstić information content (AvgIpc) is 3.26. The Morgan fingerprint density at radius 1 is 1.26 bits per heavy atom. The average molecular weight is 439 g/mol. The lowest BCUT2D eigenvalue weighted by atomic mass is 9.96. The van der Waals surface area contributed by atoms with Crippen molar-refractivity contribution in [3.05, 3.63) is 29.6 Å². The molecular weight excluding hydrogens is 415 g/mol. The Hall–Kier alpha value is -2.82. The van der Waals surface area contributed by atoms with E-state index in [4.69, 9.17) is 15.2 Å². The molecule has 0 unspecified atom stereocenters. The zero-order chi connectivity index (χ0) is 22.6. The zero-order valence-electron chi connectivity index (χ0n) is 17.5. The maximum atomic E-state index is 13.2. The molecule has 4 heterocycles. The van der Waals surface area contributed by atoms with Gasteiger partial charge in [0.25, 0.3) is 0 Å². The Balaban J connectivity index is 1.64. The topological polar surface area (TPSA) is 95.5 Å². The van der Waals surface area contributed by atoms with Gasteiger partial charge in [-0.1, -0.05) is 0 Å². The molecule has 2 N–H and O–H groups in total. The van der Waals surface area contributed by atoms with E-state index in [0.29, 0.717) is 37.5 Å². The van der Waals surface area contributed by atoms with E-state index in [-0.39, 0.29) is 12.1 Å². The number of nitrogens with zero attached hydrogens (tertiary/aromatic N) is 4. The second kappa shape index (κ2) is 7.11. The molecule has 0 bridgehead atoms. The highest BCUT2D eigenvalue weighted by Crippen LogP contribution is 2.41. The molecule has 1 fully saturated rings. The Bertz CT molecular complexity index is 1010. The maximum Gasteiger partial charge on any atom is 0.419 e. The highest BCUT2D eigenvalue weighted by molar-refractivity contribution is 5.69. The first-order valence-electron chi connectivity index (χ1n) is 9.91. The first-order chi connectivity index (χ1) is 14.4. The molecule has 4 rings (SSSR count). The van der Waals surface area contributed by atoms with Crippen molar-refractivity contribution in [2.45, 2.75) is 51.1 Å². The predicted molar refractivity (Wildman–Crippen MR) is 105 cm³/mol. The summed E-state index contributed by atoms with van der Waals surface area (Å²) in [4.78, 5) is 17.8. The highest BCUT2D eigenvalue weighted by atomic mass is 19.4. The minimum absolute atomic E-state index is 0.209. The number of rotatable bonds is 1. The lowest BCUT2D eigenvalue weighted by Gasteiger charge is -2.34. The van der Waals surface area contributed by atoms with Gasteiger partial charge in [-0.3, -0.25) is 4.68 Å². The molecule has 2 aliphatic rings. The first kappa shape index (κ1) is 21.4. The van der Waals surface area contributed by atoms with E-state index in [1.165, 1.54) is 6.20 Å². The second-order valence-electron chi connectivity index (χ2n) is 8.79. The fourth-order valence-corrected chi connectivity index (χ4v) is 3.93. The number of carbonyl (C=O) groups is 1. The molecule has 1 spiro atoms. The maximum absolute atomic E-state index is 13.2. The van der Waals surface area contributed by atoms with Gasteiger partial charge >= 0.3 is 12.3 Å². The standard InChI is InChI=1S/C20H24F3N5O3/c1-18(2,3)31-17(29)27-5-4-19(11-27)15-9-14(26-28(15)6-7-30-19)12-8-13(20(21,22)23)16(24)25-10-12/h8-10H,4-7,11H2,1-3H3,(H2,24,25)/t19-/m0/s1. The molecule has 2 aromatic heterocycles. The Kier molecular flexibility index (Phi) is 4.91. The minimum atomic E-state index is -4.61. The summed E-state index contributed by atoms with van der Waals surface area (Å²) in [5, 5.41) is 4.48. The predicted octanol–water partition coefficient (Wildman–Crippen LogP) is 3.41. The van der Waals surface area contributed by atoms with Crippen molar-refractivity contribution in [1.29, 1.82) is 0 Å². The molecule has 1 amide bonds. The number of fused-ring (bicyclic) bond motifs is 2. The second-order valence-corrected chi connectivity index (χ2v) is 8.79. The number of nitrogens with two attached hydrogens (primary N) is 1. The van der Waals surface area contributed by atoms with Crippen molar-refractivity contribution in [1.82, 2.24) is 19.7 Å². The van der Waals surface area contributed by atoms with Crippen molar-refractivity contribution in [2.24, 2.45) is 0 Å². The van der Waals surface area contributed by atoms with Crippen LogP contribution in [-0.4, -0.2) is 51.1 Å². The molecule has 0 saturated carbocycles. The molecule has 168 valence electrons. The van der Waals surface area contributed by atoms with Crippen LogP contribution in [0.1, 0.15) is 38.4 Å². The molecule has 1 saturated heterocycles. The highest BCUT2D eigenvalue weighted by Gasteiger charge is 2.47. The summed E-state index contributed by atoms with van der Waals surface area (Å²) < 4.78 is 53.0. The number of halogens is 3. The van der Waals surface area contributed by atoms with Crippen molar-refractivity contribution in [3.63, 3.8) is 0 Å². The van der Waals surface area contributed by atoms with Gasteiger partial charge in [0.1, 0.15) is 17.0 Å². The van der Waals surface area contributed by atoms with E-state index in [1.54, 1.807) is 36.4 Å². The third-order valence-electron chi connectivity index (χ3n) is 5.33. The van der Waals surface area contributed by atoms with Gasteiger partial charge < -0.3 is 20.1 Å². The zero-order valence-corrected chi connectivity index (χ0v) is 17.5. The van der Waals surface area contributed by atoms with E-state index in [9.17, 15) is 18.0 Å². The molecule has 8 nitrogen and oxygen atoms in total. The van der Waals surface area contributed by atoms with Crippen LogP contribution in [-0.2, 0) is 27.8 Å². The molecule has 11 heteroatoms. The van der Waals surface area contributed by atoms with Crippen molar-refractivity contribution >= 4 is 11.9 Å². The van der Waals surface area contributed by atoms with Gasteiger partial charge in [-0.25, -0.2) is 9.78 Å².